The Labute approximate surface area is 155 Å². The standard InChI is InChI=1S/C20H40N4O/c1-18(2,3)22-11-9-21(10-12-22)17(25)20(7,8)24-15-13-23(14-16-24)19(4,5)6/h9-16H2,1-8H3. The van der Waals surface area contributed by atoms with Crippen LogP contribution < -0.4 is 0 Å². The van der Waals surface area contributed by atoms with Gasteiger partial charge in [0.2, 0.25) is 5.91 Å². The number of hydrogen-bond acceptors (Lipinski definition) is 4. The van der Waals surface area contributed by atoms with Crippen LogP contribution in [0.15, 0.2) is 0 Å². The van der Waals surface area contributed by atoms with E-state index >= 15 is 0 Å². The summed E-state index contributed by atoms with van der Waals surface area (Å²) in [4.78, 5) is 22.7. The van der Waals surface area contributed by atoms with Crippen LogP contribution in [0.4, 0.5) is 0 Å². The van der Waals surface area contributed by atoms with E-state index in [9.17, 15) is 4.79 Å². The highest BCUT2D eigenvalue weighted by Gasteiger charge is 2.41. The zero-order valence-electron chi connectivity index (χ0n) is 17.9. The molecule has 0 aromatic rings. The van der Waals surface area contributed by atoms with Gasteiger partial charge in [-0.05, 0) is 55.4 Å². The quantitative estimate of drug-likeness (QED) is 0.761. The van der Waals surface area contributed by atoms with E-state index in [2.05, 4.69) is 75.0 Å². The lowest BCUT2D eigenvalue weighted by atomic mass is 9.97. The Morgan fingerprint density at radius 2 is 0.880 bits per heavy atom. The molecule has 0 radical (unpaired) electrons. The van der Waals surface area contributed by atoms with Crippen LogP contribution in [0.2, 0.25) is 0 Å². The molecule has 2 saturated heterocycles. The van der Waals surface area contributed by atoms with E-state index < -0.39 is 5.54 Å². The van der Waals surface area contributed by atoms with Crippen molar-refractivity contribution in [3.05, 3.63) is 0 Å². The van der Waals surface area contributed by atoms with Gasteiger partial charge in [0.1, 0.15) is 0 Å². The molecular weight excluding hydrogens is 312 g/mol. The third-order valence-electron chi connectivity index (χ3n) is 6.06. The molecular formula is C20H40N4O. The van der Waals surface area contributed by atoms with Crippen molar-refractivity contribution in [1.82, 2.24) is 19.6 Å². The second-order valence-electron chi connectivity index (χ2n) is 10.2. The van der Waals surface area contributed by atoms with Crippen molar-refractivity contribution in [2.45, 2.75) is 72.0 Å². The number of nitrogens with zero attached hydrogens (tertiary/aromatic N) is 4. The molecule has 0 bridgehead atoms. The van der Waals surface area contributed by atoms with E-state index in [1.165, 1.54) is 0 Å². The lowest BCUT2D eigenvalue weighted by molar-refractivity contribution is -0.147. The van der Waals surface area contributed by atoms with Gasteiger partial charge in [0.25, 0.3) is 0 Å². The average molecular weight is 353 g/mol. The second-order valence-corrected chi connectivity index (χ2v) is 10.2. The molecule has 0 aromatic carbocycles. The summed E-state index contributed by atoms with van der Waals surface area (Å²) in [6.07, 6.45) is 0. The Balaban J connectivity index is 1.93. The maximum atomic E-state index is 13.2. The van der Waals surface area contributed by atoms with Gasteiger partial charge in [-0.1, -0.05) is 0 Å². The Kier molecular flexibility index (Phi) is 5.92. The molecule has 2 fully saturated rings. The highest BCUT2D eigenvalue weighted by molar-refractivity contribution is 5.85. The van der Waals surface area contributed by atoms with Crippen molar-refractivity contribution < 1.29 is 4.79 Å². The van der Waals surface area contributed by atoms with E-state index in [0.29, 0.717) is 5.91 Å². The van der Waals surface area contributed by atoms with Crippen LogP contribution in [0.3, 0.4) is 0 Å². The minimum atomic E-state index is -0.409. The fourth-order valence-electron chi connectivity index (χ4n) is 4.04. The van der Waals surface area contributed by atoms with Crippen molar-refractivity contribution in [3.8, 4) is 0 Å². The van der Waals surface area contributed by atoms with Crippen molar-refractivity contribution in [1.29, 1.82) is 0 Å². The molecule has 0 spiro atoms. The zero-order valence-corrected chi connectivity index (χ0v) is 17.9. The Hall–Kier alpha value is -0.650. The summed E-state index contributed by atoms with van der Waals surface area (Å²) in [6.45, 7) is 25.5. The van der Waals surface area contributed by atoms with Gasteiger partial charge in [-0.3, -0.25) is 19.5 Å². The van der Waals surface area contributed by atoms with E-state index in [-0.39, 0.29) is 11.1 Å². The summed E-state index contributed by atoms with van der Waals surface area (Å²) < 4.78 is 0. The summed E-state index contributed by atoms with van der Waals surface area (Å²) in [5.41, 5.74) is -0.00859. The summed E-state index contributed by atoms with van der Waals surface area (Å²) in [5.74, 6) is 0.297. The van der Waals surface area contributed by atoms with Crippen LogP contribution in [-0.2, 0) is 4.79 Å². The van der Waals surface area contributed by atoms with Gasteiger partial charge < -0.3 is 4.90 Å². The first-order valence-corrected chi connectivity index (χ1v) is 9.88. The van der Waals surface area contributed by atoms with Crippen LogP contribution >= 0.6 is 0 Å². The SMILES string of the molecule is CC(C)(C)N1CCN(C(=O)C(C)(C)N2CCN(C(C)(C)C)CC2)CC1. The molecule has 25 heavy (non-hydrogen) atoms. The largest absolute Gasteiger partial charge is 0.339 e. The third kappa shape index (κ3) is 4.75. The monoisotopic (exact) mass is 352 g/mol. The number of rotatable bonds is 2. The van der Waals surface area contributed by atoms with Gasteiger partial charge in [-0.15, -0.1) is 0 Å². The number of piperazine rings is 2. The van der Waals surface area contributed by atoms with Crippen molar-refractivity contribution in [3.63, 3.8) is 0 Å². The molecule has 2 aliphatic rings. The van der Waals surface area contributed by atoms with Gasteiger partial charge in [0.15, 0.2) is 0 Å². The maximum absolute atomic E-state index is 13.2. The molecule has 0 aliphatic carbocycles. The van der Waals surface area contributed by atoms with Crippen LogP contribution in [0.5, 0.6) is 0 Å². The summed E-state index contributed by atoms with van der Waals surface area (Å²) in [6, 6.07) is 0. The van der Waals surface area contributed by atoms with Crippen molar-refractivity contribution >= 4 is 5.91 Å². The highest BCUT2D eigenvalue weighted by Crippen LogP contribution is 2.24. The first-order chi connectivity index (χ1) is 11.3. The molecule has 0 unspecified atom stereocenters. The van der Waals surface area contributed by atoms with E-state index in [0.717, 1.165) is 52.4 Å². The molecule has 0 aromatic heterocycles. The van der Waals surface area contributed by atoms with Crippen molar-refractivity contribution in [2.75, 3.05) is 52.4 Å². The molecule has 0 N–H and O–H groups in total. The van der Waals surface area contributed by atoms with Crippen LogP contribution in [-0.4, -0.2) is 94.5 Å². The smallest absolute Gasteiger partial charge is 0.242 e. The topological polar surface area (TPSA) is 30.0 Å². The van der Waals surface area contributed by atoms with Crippen LogP contribution in [0, 0.1) is 0 Å². The molecule has 5 nitrogen and oxygen atoms in total. The highest BCUT2D eigenvalue weighted by atomic mass is 16.2. The molecule has 0 atom stereocenters. The predicted octanol–water partition coefficient (Wildman–Crippen LogP) is 2.12. The number of hydrogen-bond donors (Lipinski definition) is 0. The molecule has 0 saturated carbocycles. The van der Waals surface area contributed by atoms with Gasteiger partial charge >= 0.3 is 0 Å². The fraction of sp³-hybridized carbons (Fsp3) is 0.950. The summed E-state index contributed by atoms with van der Waals surface area (Å²) in [5, 5.41) is 0. The molecule has 5 heteroatoms. The number of amides is 1. The molecule has 146 valence electrons. The normalized spacial score (nSPS) is 23.1. The predicted molar refractivity (Wildman–Crippen MR) is 105 cm³/mol. The molecule has 2 rings (SSSR count). The maximum Gasteiger partial charge on any atom is 0.242 e. The van der Waals surface area contributed by atoms with Crippen molar-refractivity contribution in [2.24, 2.45) is 0 Å². The lowest BCUT2D eigenvalue weighted by Gasteiger charge is -2.49. The van der Waals surface area contributed by atoms with Gasteiger partial charge in [0, 0.05) is 63.4 Å². The summed E-state index contributed by atoms with van der Waals surface area (Å²) >= 11 is 0. The van der Waals surface area contributed by atoms with Gasteiger partial charge in [-0.2, -0.15) is 0 Å². The number of carbonyl (C=O) groups is 1. The minimum Gasteiger partial charge on any atom is -0.339 e. The van der Waals surface area contributed by atoms with E-state index in [1.54, 1.807) is 0 Å². The molecule has 2 aliphatic heterocycles. The van der Waals surface area contributed by atoms with E-state index in [1.807, 2.05) is 0 Å². The summed E-state index contributed by atoms with van der Waals surface area (Å²) in [7, 11) is 0. The average Bonchev–Trinajstić information content (AvgIpc) is 2.52. The molecule has 2 heterocycles. The first-order valence-electron chi connectivity index (χ1n) is 9.88. The van der Waals surface area contributed by atoms with Crippen LogP contribution in [0.25, 0.3) is 0 Å². The Morgan fingerprint density at radius 3 is 1.24 bits per heavy atom. The fourth-order valence-corrected chi connectivity index (χ4v) is 4.04. The third-order valence-corrected chi connectivity index (χ3v) is 6.06. The van der Waals surface area contributed by atoms with Crippen LogP contribution in [0.1, 0.15) is 55.4 Å². The second kappa shape index (κ2) is 7.16. The number of carbonyl (C=O) groups excluding carboxylic acids is 1. The Bertz CT molecular complexity index is 459. The van der Waals surface area contributed by atoms with E-state index in [4.69, 9.17) is 0 Å². The zero-order chi connectivity index (χ0) is 19.0. The minimum absolute atomic E-state index is 0.188. The first kappa shape index (κ1) is 20.7. The molecule has 1 amide bonds. The van der Waals surface area contributed by atoms with Gasteiger partial charge in [0.05, 0.1) is 5.54 Å². The van der Waals surface area contributed by atoms with Gasteiger partial charge in [-0.25, -0.2) is 0 Å². The Morgan fingerprint density at radius 1 is 0.560 bits per heavy atom. The lowest BCUT2D eigenvalue weighted by Crippen LogP contribution is -2.65.